The van der Waals surface area contributed by atoms with E-state index in [1.807, 2.05) is 32.0 Å². The third-order valence-electron chi connectivity index (χ3n) is 1.94. The Morgan fingerprint density at radius 3 is 2.38 bits per heavy atom. The molecule has 0 radical (unpaired) electrons. The molecule has 1 aromatic carbocycles. The molecule has 0 saturated heterocycles. The molecule has 1 aromatic rings. The van der Waals surface area contributed by atoms with E-state index in [0.717, 1.165) is 17.9 Å². The zero-order valence-electron chi connectivity index (χ0n) is 10.7. The number of allylic oxidation sites excluding steroid dienone is 1. The van der Waals surface area contributed by atoms with Gasteiger partial charge in [-0.2, -0.15) is 0 Å². The van der Waals surface area contributed by atoms with Crippen molar-refractivity contribution in [2.45, 2.75) is 27.2 Å². The maximum Gasteiger partial charge on any atom is 0.122 e. The lowest BCUT2D eigenvalue weighted by Gasteiger charge is -2.09. The zero-order valence-corrected chi connectivity index (χ0v) is 10.7. The number of hydrogen-bond acceptors (Lipinski definition) is 2. The van der Waals surface area contributed by atoms with Gasteiger partial charge >= 0.3 is 0 Å². The number of methoxy groups -OCH3 is 1. The van der Waals surface area contributed by atoms with Crippen molar-refractivity contribution in [3.63, 3.8) is 0 Å². The van der Waals surface area contributed by atoms with Crippen LogP contribution in [0.1, 0.15) is 26.3 Å². The quantitative estimate of drug-likeness (QED) is 0.720. The van der Waals surface area contributed by atoms with Crippen molar-refractivity contribution < 1.29 is 9.47 Å². The van der Waals surface area contributed by atoms with Gasteiger partial charge in [-0.05, 0) is 44.0 Å². The van der Waals surface area contributed by atoms with Crippen LogP contribution in [0.4, 0.5) is 0 Å². The summed E-state index contributed by atoms with van der Waals surface area (Å²) in [6.45, 7) is 10.0. The number of rotatable bonds is 4. The minimum atomic E-state index is 0.704. The van der Waals surface area contributed by atoms with Gasteiger partial charge in [0, 0.05) is 0 Å². The van der Waals surface area contributed by atoms with Crippen molar-refractivity contribution in [1.29, 1.82) is 0 Å². The first-order valence-electron chi connectivity index (χ1n) is 5.60. The van der Waals surface area contributed by atoms with E-state index < -0.39 is 0 Å². The minimum Gasteiger partial charge on any atom is -0.496 e. The standard InChI is InChI=1S/C11H16O2.C3H6/c1-4-9-8-10(13-5-2)6-7-11(9)12-3;1-3-2/h6-8H,4-5H2,1-3H3;3H,1H2,2H3. The highest BCUT2D eigenvalue weighted by Gasteiger charge is 2.02. The lowest BCUT2D eigenvalue weighted by atomic mass is 10.1. The molecule has 16 heavy (non-hydrogen) atoms. The second-order valence-electron chi connectivity index (χ2n) is 3.17. The maximum atomic E-state index is 5.39. The summed E-state index contributed by atoms with van der Waals surface area (Å²) < 4.78 is 10.6. The monoisotopic (exact) mass is 222 g/mol. The third kappa shape index (κ3) is 4.87. The van der Waals surface area contributed by atoms with Gasteiger partial charge in [0.1, 0.15) is 11.5 Å². The zero-order chi connectivity index (χ0) is 12.4. The first kappa shape index (κ1) is 14.6. The molecule has 1 rings (SSSR count). The predicted molar refractivity (Wildman–Crippen MR) is 69.4 cm³/mol. The Balaban J connectivity index is 0.000000673. The number of ether oxygens (including phenoxy) is 2. The molecule has 0 unspecified atom stereocenters. The maximum absolute atomic E-state index is 5.39. The van der Waals surface area contributed by atoms with Crippen molar-refractivity contribution in [2.24, 2.45) is 0 Å². The van der Waals surface area contributed by atoms with Gasteiger partial charge in [-0.15, -0.1) is 6.58 Å². The molecule has 2 heteroatoms. The molecule has 2 nitrogen and oxygen atoms in total. The second kappa shape index (κ2) is 8.84. The van der Waals surface area contributed by atoms with E-state index in [-0.39, 0.29) is 0 Å². The van der Waals surface area contributed by atoms with Crippen LogP contribution in [0.25, 0.3) is 0 Å². The summed E-state index contributed by atoms with van der Waals surface area (Å²) in [5.41, 5.74) is 1.19. The molecule has 0 aliphatic rings. The number of benzene rings is 1. The fraction of sp³-hybridized carbons (Fsp3) is 0.429. The average molecular weight is 222 g/mol. The topological polar surface area (TPSA) is 18.5 Å². The molecule has 0 aromatic heterocycles. The van der Waals surface area contributed by atoms with Crippen LogP contribution in [-0.4, -0.2) is 13.7 Å². The largest absolute Gasteiger partial charge is 0.496 e. The first-order valence-corrected chi connectivity index (χ1v) is 5.60. The Kier molecular flexibility index (Phi) is 8.04. The third-order valence-corrected chi connectivity index (χ3v) is 1.94. The molecule has 0 atom stereocenters. The van der Waals surface area contributed by atoms with Gasteiger partial charge in [-0.1, -0.05) is 13.0 Å². The van der Waals surface area contributed by atoms with Crippen LogP contribution in [0.5, 0.6) is 11.5 Å². The molecule has 90 valence electrons. The van der Waals surface area contributed by atoms with E-state index >= 15 is 0 Å². The normalized spacial score (nSPS) is 8.75. The summed E-state index contributed by atoms with van der Waals surface area (Å²) in [7, 11) is 1.69. The fourth-order valence-electron chi connectivity index (χ4n) is 1.29. The van der Waals surface area contributed by atoms with Crippen LogP contribution in [0.2, 0.25) is 0 Å². The molecule has 0 amide bonds. The summed E-state index contributed by atoms with van der Waals surface area (Å²) >= 11 is 0. The van der Waals surface area contributed by atoms with Crippen molar-refractivity contribution in [2.75, 3.05) is 13.7 Å². The summed E-state index contributed by atoms with van der Waals surface area (Å²) in [6, 6.07) is 5.91. The Labute approximate surface area is 98.9 Å². The van der Waals surface area contributed by atoms with Crippen molar-refractivity contribution >= 4 is 0 Å². The SMILES string of the molecule is C=CC.CCOc1ccc(OC)c(CC)c1. The van der Waals surface area contributed by atoms with Gasteiger partial charge < -0.3 is 9.47 Å². The van der Waals surface area contributed by atoms with Gasteiger partial charge in [-0.25, -0.2) is 0 Å². The molecule has 0 aliphatic heterocycles. The molecule has 0 spiro atoms. The molecule has 0 N–H and O–H groups in total. The molecular weight excluding hydrogens is 200 g/mol. The lowest BCUT2D eigenvalue weighted by Crippen LogP contribution is -1.94. The smallest absolute Gasteiger partial charge is 0.122 e. The van der Waals surface area contributed by atoms with E-state index in [1.165, 1.54) is 5.56 Å². The average Bonchev–Trinajstić information content (AvgIpc) is 2.30. The first-order chi connectivity index (χ1) is 7.73. The van der Waals surface area contributed by atoms with Gasteiger partial charge in [0.25, 0.3) is 0 Å². The van der Waals surface area contributed by atoms with Gasteiger partial charge in [0.2, 0.25) is 0 Å². The van der Waals surface area contributed by atoms with Crippen molar-refractivity contribution in [1.82, 2.24) is 0 Å². The second-order valence-corrected chi connectivity index (χ2v) is 3.17. The highest BCUT2D eigenvalue weighted by atomic mass is 16.5. The molecule has 0 saturated carbocycles. The van der Waals surface area contributed by atoms with Gasteiger partial charge in [0.05, 0.1) is 13.7 Å². The molecule has 0 fully saturated rings. The Morgan fingerprint density at radius 1 is 1.31 bits per heavy atom. The van der Waals surface area contributed by atoms with E-state index in [9.17, 15) is 0 Å². The highest BCUT2D eigenvalue weighted by molar-refractivity contribution is 5.40. The van der Waals surface area contributed by atoms with Crippen LogP contribution < -0.4 is 9.47 Å². The molecule has 0 heterocycles. The van der Waals surface area contributed by atoms with E-state index in [2.05, 4.69) is 13.5 Å². The van der Waals surface area contributed by atoms with Crippen molar-refractivity contribution in [3.05, 3.63) is 36.4 Å². The van der Waals surface area contributed by atoms with Crippen LogP contribution in [-0.2, 0) is 6.42 Å². The molecule has 0 aliphatic carbocycles. The summed E-state index contributed by atoms with van der Waals surface area (Å²) in [5.74, 6) is 1.85. The van der Waals surface area contributed by atoms with Crippen LogP contribution in [0.3, 0.4) is 0 Å². The van der Waals surface area contributed by atoms with Gasteiger partial charge in [-0.3, -0.25) is 0 Å². The number of hydrogen-bond donors (Lipinski definition) is 0. The predicted octanol–water partition coefficient (Wildman–Crippen LogP) is 3.85. The Bertz CT molecular complexity index is 306. The summed E-state index contributed by atoms with van der Waals surface area (Å²) in [4.78, 5) is 0. The minimum absolute atomic E-state index is 0.704. The Hall–Kier alpha value is -1.44. The van der Waals surface area contributed by atoms with E-state index in [0.29, 0.717) is 6.61 Å². The van der Waals surface area contributed by atoms with Crippen LogP contribution in [0, 0.1) is 0 Å². The lowest BCUT2D eigenvalue weighted by molar-refractivity contribution is 0.338. The van der Waals surface area contributed by atoms with Crippen LogP contribution >= 0.6 is 0 Å². The number of aryl methyl sites for hydroxylation is 1. The fourth-order valence-corrected chi connectivity index (χ4v) is 1.29. The molecular formula is C14H22O2. The van der Waals surface area contributed by atoms with E-state index in [4.69, 9.17) is 9.47 Å². The summed E-state index contributed by atoms with van der Waals surface area (Å²) in [5, 5.41) is 0. The highest BCUT2D eigenvalue weighted by Crippen LogP contribution is 2.24. The van der Waals surface area contributed by atoms with E-state index in [1.54, 1.807) is 13.2 Å². The molecule has 0 bridgehead atoms. The van der Waals surface area contributed by atoms with Gasteiger partial charge in [0.15, 0.2) is 0 Å². The summed E-state index contributed by atoms with van der Waals surface area (Å²) in [6.07, 6.45) is 2.71. The Morgan fingerprint density at radius 2 is 1.94 bits per heavy atom. The van der Waals surface area contributed by atoms with Crippen LogP contribution in [0.15, 0.2) is 30.9 Å². The van der Waals surface area contributed by atoms with Crippen molar-refractivity contribution in [3.8, 4) is 11.5 Å².